The van der Waals surface area contributed by atoms with Crippen LogP contribution in [-0.4, -0.2) is 59.5 Å². The van der Waals surface area contributed by atoms with Gasteiger partial charge in [0.1, 0.15) is 0 Å². The molecule has 0 saturated carbocycles. The quantitative estimate of drug-likeness (QED) is 0.544. The van der Waals surface area contributed by atoms with Crippen LogP contribution < -0.4 is 4.90 Å². The summed E-state index contributed by atoms with van der Waals surface area (Å²) in [4.78, 5) is 39.0. The summed E-state index contributed by atoms with van der Waals surface area (Å²) in [6.45, 7) is 3.18. The zero-order valence-corrected chi connectivity index (χ0v) is 18.8. The number of thiazole rings is 1. The van der Waals surface area contributed by atoms with Gasteiger partial charge in [-0.1, -0.05) is 41.7 Å². The third-order valence-corrected chi connectivity index (χ3v) is 7.19. The molecular weight excluding hydrogens is 424 g/mol. The zero-order chi connectivity index (χ0) is 21.9. The Kier molecular flexibility index (Phi) is 6.03. The van der Waals surface area contributed by atoms with E-state index >= 15 is 0 Å². The molecule has 5 rings (SSSR count). The van der Waals surface area contributed by atoms with Gasteiger partial charge in [0.2, 0.25) is 0 Å². The fraction of sp³-hybridized carbons (Fsp3) is 0.417. The van der Waals surface area contributed by atoms with Crippen molar-refractivity contribution in [2.75, 3.05) is 37.7 Å². The summed E-state index contributed by atoms with van der Waals surface area (Å²) in [5.41, 5.74) is 2.55. The third-order valence-electron chi connectivity index (χ3n) is 6.05. The van der Waals surface area contributed by atoms with E-state index in [1.165, 1.54) is 17.8 Å². The van der Waals surface area contributed by atoms with Crippen molar-refractivity contribution in [3.63, 3.8) is 0 Å². The number of piperidine rings is 1. The molecule has 32 heavy (non-hydrogen) atoms. The van der Waals surface area contributed by atoms with Crippen molar-refractivity contribution in [2.24, 2.45) is 0 Å². The van der Waals surface area contributed by atoms with Crippen LogP contribution in [-0.2, 0) is 9.53 Å². The lowest BCUT2D eigenvalue weighted by atomic mass is 10.1. The van der Waals surface area contributed by atoms with Gasteiger partial charge in [-0.25, -0.2) is 9.78 Å². The maximum absolute atomic E-state index is 13.1. The number of carbonyl (C=O) groups is 2. The number of nitrogens with zero attached hydrogens (tertiary/aromatic N) is 4. The molecule has 3 aromatic rings. The van der Waals surface area contributed by atoms with Crippen molar-refractivity contribution in [2.45, 2.75) is 32.1 Å². The van der Waals surface area contributed by atoms with Crippen LogP contribution in [0.25, 0.3) is 21.6 Å². The molecule has 2 aromatic heterocycles. The van der Waals surface area contributed by atoms with Crippen molar-refractivity contribution < 1.29 is 14.3 Å². The van der Waals surface area contributed by atoms with Crippen molar-refractivity contribution in [3.05, 3.63) is 42.0 Å². The number of anilines is 1. The first-order valence-corrected chi connectivity index (χ1v) is 12.1. The van der Waals surface area contributed by atoms with Gasteiger partial charge in [-0.3, -0.25) is 4.79 Å². The Labute approximate surface area is 191 Å². The van der Waals surface area contributed by atoms with E-state index in [1.54, 1.807) is 11.0 Å². The van der Waals surface area contributed by atoms with E-state index in [1.807, 2.05) is 30.3 Å². The molecule has 0 N–H and O–H groups in total. The minimum atomic E-state index is -0.504. The number of fused-ring (bicyclic) bond motifs is 1. The first-order valence-electron chi connectivity index (χ1n) is 11.3. The first-order chi connectivity index (χ1) is 15.7. The Morgan fingerprint density at radius 2 is 1.66 bits per heavy atom. The van der Waals surface area contributed by atoms with Gasteiger partial charge in [0.15, 0.2) is 17.4 Å². The van der Waals surface area contributed by atoms with Crippen LogP contribution in [0.2, 0.25) is 0 Å². The van der Waals surface area contributed by atoms with Gasteiger partial charge in [-0.15, -0.1) is 0 Å². The van der Waals surface area contributed by atoms with Gasteiger partial charge in [0, 0.05) is 31.7 Å². The van der Waals surface area contributed by atoms with Crippen LogP contribution in [0.15, 0.2) is 36.4 Å². The van der Waals surface area contributed by atoms with Crippen LogP contribution >= 0.6 is 11.3 Å². The minimum absolute atomic E-state index is 0.136. The van der Waals surface area contributed by atoms with Crippen LogP contribution in [0.4, 0.5) is 5.13 Å². The molecule has 0 radical (unpaired) electrons. The van der Waals surface area contributed by atoms with E-state index < -0.39 is 5.97 Å². The van der Waals surface area contributed by atoms with E-state index in [2.05, 4.69) is 4.90 Å². The lowest BCUT2D eigenvalue weighted by molar-refractivity contribution is -0.133. The SMILES string of the molecule is O=C(OCC(=O)N1CCCC1)c1cc(-c2ccccc2)nc2nc(N3CCCCC3)sc12. The molecule has 2 aliphatic rings. The highest BCUT2D eigenvalue weighted by Gasteiger charge is 2.24. The number of ether oxygens (including phenoxy) is 1. The summed E-state index contributed by atoms with van der Waals surface area (Å²) in [7, 11) is 0. The highest BCUT2D eigenvalue weighted by atomic mass is 32.1. The van der Waals surface area contributed by atoms with E-state index in [9.17, 15) is 9.59 Å². The molecular formula is C24H26N4O3S. The molecule has 166 valence electrons. The average molecular weight is 451 g/mol. The zero-order valence-electron chi connectivity index (χ0n) is 18.0. The van der Waals surface area contributed by atoms with E-state index in [4.69, 9.17) is 14.7 Å². The second kappa shape index (κ2) is 9.24. The maximum atomic E-state index is 13.1. The Bertz CT molecular complexity index is 1120. The number of hydrogen-bond acceptors (Lipinski definition) is 7. The Morgan fingerprint density at radius 3 is 2.41 bits per heavy atom. The van der Waals surface area contributed by atoms with Gasteiger partial charge < -0.3 is 14.5 Å². The summed E-state index contributed by atoms with van der Waals surface area (Å²) in [6.07, 6.45) is 5.54. The van der Waals surface area contributed by atoms with Gasteiger partial charge >= 0.3 is 5.97 Å². The molecule has 1 amide bonds. The summed E-state index contributed by atoms with van der Waals surface area (Å²) in [5, 5.41) is 0.889. The molecule has 1 aromatic carbocycles. The molecule has 2 saturated heterocycles. The van der Waals surface area contributed by atoms with E-state index in [0.29, 0.717) is 21.6 Å². The Balaban J connectivity index is 1.47. The van der Waals surface area contributed by atoms with Crippen molar-refractivity contribution in [1.82, 2.24) is 14.9 Å². The van der Waals surface area contributed by atoms with Gasteiger partial charge in [-0.05, 0) is 38.2 Å². The van der Waals surface area contributed by atoms with Crippen molar-refractivity contribution in [1.29, 1.82) is 0 Å². The highest BCUT2D eigenvalue weighted by molar-refractivity contribution is 7.22. The van der Waals surface area contributed by atoms with Gasteiger partial charge in [-0.2, -0.15) is 4.98 Å². The second-order valence-electron chi connectivity index (χ2n) is 8.28. The molecule has 0 aliphatic carbocycles. The summed E-state index contributed by atoms with van der Waals surface area (Å²) < 4.78 is 6.18. The number of likely N-dealkylation sites (tertiary alicyclic amines) is 1. The molecule has 8 heteroatoms. The summed E-state index contributed by atoms with van der Waals surface area (Å²) in [6, 6.07) is 11.5. The minimum Gasteiger partial charge on any atom is -0.452 e. The smallest absolute Gasteiger partial charge is 0.340 e. The molecule has 0 atom stereocenters. The fourth-order valence-corrected chi connectivity index (χ4v) is 5.35. The molecule has 7 nitrogen and oxygen atoms in total. The number of pyridine rings is 1. The number of aromatic nitrogens is 2. The molecule has 0 bridgehead atoms. The summed E-state index contributed by atoms with van der Waals surface area (Å²) in [5.74, 6) is -0.640. The fourth-order valence-electron chi connectivity index (χ4n) is 4.29. The Hall–Kier alpha value is -3.00. The number of carbonyl (C=O) groups excluding carboxylic acids is 2. The second-order valence-corrected chi connectivity index (χ2v) is 9.26. The topological polar surface area (TPSA) is 75.6 Å². The molecule has 4 heterocycles. The molecule has 0 unspecified atom stereocenters. The number of esters is 1. The molecule has 2 fully saturated rings. The monoisotopic (exact) mass is 450 g/mol. The third kappa shape index (κ3) is 4.32. The Morgan fingerprint density at radius 1 is 0.938 bits per heavy atom. The largest absolute Gasteiger partial charge is 0.452 e. The van der Waals surface area contributed by atoms with Crippen molar-refractivity contribution in [3.8, 4) is 11.3 Å². The molecule has 0 spiro atoms. The van der Waals surface area contributed by atoms with Crippen LogP contribution in [0, 0.1) is 0 Å². The molecule has 2 aliphatic heterocycles. The lowest BCUT2D eigenvalue weighted by Crippen LogP contribution is -2.32. The van der Waals surface area contributed by atoms with Crippen molar-refractivity contribution >= 4 is 38.7 Å². The number of amides is 1. The van der Waals surface area contributed by atoms with Crippen LogP contribution in [0.5, 0.6) is 0 Å². The predicted molar refractivity (Wildman–Crippen MR) is 125 cm³/mol. The van der Waals surface area contributed by atoms with Crippen LogP contribution in [0.1, 0.15) is 42.5 Å². The average Bonchev–Trinajstić information content (AvgIpc) is 3.53. The van der Waals surface area contributed by atoms with E-state index in [0.717, 1.165) is 62.6 Å². The van der Waals surface area contributed by atoms with Gasteiger partial charge in [0.05, 0.1) is 16.0 Å². The highest BCUT2D eigenvalue weighted by Crippen LogP contribution is 2.34. The number of rotatable bonds is 5. The van der Waals surface area contributed by atoms with Gasteiger partial charge in [0.25, 0.3) is 5.91 Å². The standard InChI is InChI=1S/C24H26N4O3S/c29-20(27-11-7-8-12-27)16-31-23(30)18-15-19(17-9-3-1-4-10-17)25-22-21(18)32-24(26-22)28-13-5-2-6-14-28/h1,3-4,9-10,15H,2,5-8,11-14,16H2. The lowest BCUT2D eigenvalue weighted by Gasteiger charge is -2.25. The summed E-state index contributed by atoms with van der Waals surface area (Å²) >= 11 is 1.48. The first kappa shape index (κ1) is 20.9. The normalized spacial score (nSPS) is 16.5. The number of benzene rings is 1. The predicted octanol–water partition coefficient (Wildman–Crippen LogP) is 4.13. The number of hydrogen-bond donors (Lipinski definition) is 0. The maximum Gasteiger partial charge on any atom is 0.340 e. The van der Waals surface area contributed by atoms with E-state index in [-0.39, 0.29) is 12.5 Å². The van der Waals surface area contributed by atoms with Crippen LogP contribution in [0.3, 0.4) is 0 Å².